The molecule has 5 heteroatoms. The Balaban J connectivity index is 1.53. The van der Waals surface area contributed by atoms with Gasteiger partial charge >= 0.3 is 0 Å². The molecule has 2 heterocycles. The summed E-state index contributed by atoms with van der Waals surface area (Å²) in [7, 11) is 0. The Morgan fingerprint density at radius 3 is 3.09 bits per heavy atom. The first kappa shape index (κ1) is 15.0. The standard InChI is InChI=1S/C17H23N3O2/c1-11(19-16(21)5-2-12-6-7-18-10-12)13-3-4-15-14(8-13)9-17(22)20-15/h3-4,8,11-12,18H,2,5-7,9-10H2,1H3,(H,19,21)(H,20,22). The fourth-order valence-corrected chi connectivity index (χ4v) is 3.21. The minimum Gasteiger partial charge on any atom is -0.350 e. The molecule has 2 aliphatic heterocycles. The summed E-state index contributed by atoms with van der Waals surface area (Å²) >= 11 is 0. The van der Waals surface area contributed by atoms with Crippen LogP contribution in [0.5, 0.6) is 0 Å². The molecular weight excluding hydrogens is 278 g/mol. The summed E-state index contributed by atoms with van der Waals surface area (Å²) in [5.74, 6) is 0.779. The molecule has 0 aliphatic carbocycles. The maximum atomic E-state index is 12.1. The van der Waals surface area contributed by atoms with E-state index in [4.69, 9.17) is 0 Å². The summed E-state index contributed by atoms with van der Waals surface area (Å²) in [6.45, 7) is 4.10. The van der Waals surface area contributed by atoms with Crippen LogP contribution in [-0.2, 0) is 16.0 Å². The van der Waals surface area contributed by atoms with Crippen molar-refractivity contribution in [1.82, 2.24) is 10.6 Å². The Bertz CT molecular complexity index is 579. The van der Waals surface area contributed by atoms with E-state index >= 15 is 0 Å². The fourth-order valence-electron chi connectivity index (χ4n) is 3.21. The minimum atomic E-state index is -0.0322. The molecule has 0 spiro atoms. The van der Waals surface area contributed by atoms with Crippen molar-refractivity contribution in [2.24, 2.45) is 5.92 Å². The van der Waals surface area contributed by atoms with E-state index in [1.807, 2.05) is 25.1 Å². The second-order valence-corrected chi connectivity index (χ2v) is 6.33. The van der Waals surface area contributed by atoms with Gasteiger partial charge in [-0.25, -0.2) is 0 Å². The monoisotopic (exact) mass is 301 g/mol. The Labute approximate surface area is 130 Å². The SMILES string of the molecule is CC(NC(=O)CCC1CCNC1)c1ccc2c(c1)CC(=O)N2. The summed E-state index contributed by atoms with van der Waals surface area (Å²) < 4.78 is 0. The Morgan fingerprint density at radius 2 is 2.32 bits per heavy atom. The predicted molar refractivity (Wildman–Crippen MR) is 85.5 cm³/mol. The van der Waals surface area contributed by atoms with E-state index < -0.39 is 0 Å². The molecule has 0 radical (unpaired) electrons. The van der Waals surface area contributed by atoms with Crippen molar-refractivity contribution in [3.05, 3.63) is 29.3 Å². The molecule has 3 N–H and O–H groups in total. The zero-order valence-electron chi connectivity index (χ0n) is 12.9. The van der Waals surface area contributed by atoms with Crippen LogP contribution < -0.4 is 16.0 Å². The van der Waals surface area contributed by atoms with Crippen LogP contribution in [-0.4, -0.2) is 24.9 Å². The lowest BCUT2D eigenvalue weighted by molar-refractivity contribution is -0.122. The van der Waals surface area contributed by atoms with E-state index in [0.717, 1.165) is 36.3 Å². The number of rotatable bonds is 5. The minimum absolute atomic E-state index is 0.0322. The second-order valence-electron chi connectivity index (χ2n) is 6.33. The van der Waals surface area contributed by atoms with E-state index in [2.05, 4.69) is 16.0 Å². The van der Waals surface area contributed by atoms with Crippen molar-refractivity contribution in [3.63, 3.8) is 0 Å². The number of carbonyl (C=O) groups excluding carboxylic acids is 2. The molecule has 3 rings (SSSR count). The number of fused-ring (bicyclic) bond motifs is 1. The number of hydrogen-bond acceptors (Lipinski definition) is 3. The van der Waals surface area contributed by atoms with Gasteiger partial charge in [0.25, 0.3) is 0 Å². The van der Waals surface area contributed by atoms with Gasteiger partial charge in [0.05, 0.1) is 12.5 Å². The van der Waals surface area contributed by atoms with Crippen LogP contribution in [0.2, 0.25) is 0 Å². The molecule has 2 atom stereocenters. The molecule has 0 saturated carbocycles. The number of amides is 2. The third kappa shape index (κ3) is 3.47. The van der Waals surface area contributed by atoms with Gasteiger partial charge in [0.1, 0.15) is 0 Å². The first-order valence-corrected chi connectivity index (χ1v) is 8.04. The molecule has 1 fully saturated rings. The number of hydrogen-bond donors (Lipinski definition) is 3. The number of carbonyl (C=O) groups is 2. The van der Waals surface area contributed by atoms with Crippen molar-refractivity contribution >= 4 is 17.5 Å². The van der Waals surface area contributed by atoms with E-state index in [0.29, 0.717) is 18.8 Å². The summed E-state index contributed by atoms with van der Waals surface area (Å²) in [6, 6.07) is 5.87. The Kier molecular flexibility index (Phi) is 4.43. The van der Waals surface area contributed by atoms with E-state index in [9.17, 15) is 9.59 Å². The molecule has 2 unspecified atom stereocenters. The van der Waals surface area contributed by atoms with Gasteiger partial charge in [-0.15, -0.1) is 0 Å². The van der Waals surface area contributed by atoms with Gasteiger partial charge < -0.3 is 16.0 Å². The molecular formula is C17H23N3O2. The van der Waals surface area contributed by atoms with Crippen LogP contribution in [0.3, 0.4) is 0 Å². The maximum absolute atomic E-state index is 12.1. The largest absolute Gasteiger partial charge is 0.350 e. The van der Waals surface area contributed by atoms with Crippen molar-refractivity contribution in [3.8, 4) is 0 Å². The van der Waals surface area contributed by atoms with Crippen LogP contribution in [0, 0.1) is 5.92 Å². The van der Waals surface area contributed by atoms with Gasteiger partial charge in [-0.1, -0.05) is 12.1 Å². The molecule has 1 aromatic rings. The normalized spacial score (nSPS) is 21.3. The van der Waals surface area contributed by atoms with E-state index in [1.54, 1.807) is 0 Å². The summed E-state index contributed by atoms with van der Waals surface area (Å²) in [4.78, 5) is 23.5. The van der Waals surface area contributed by atoms with Crippen molar-refractivity contribution < 1.29 is 9.59 Å². The zero-order chi connectivity index (χ0) is 15.5. The summed E-state index contributed by atoms with van der Waals surface area (Å²) in [5.41, 5.74) is 2.95. The quantitative estimate of drug-likeness (QED) is 0.776. The average molecular weight is 301 g/mol. The topological polar surface area (TPSA) is 70.2 Å². The Morgan fingerprint density at radius 1 is 1.45 bits per heavy atom. The number of benzene rings is 1. The Hall–Kier alpha value is -1.88. The third-order valence-corrected chi connectivity index (χ3v) is 4.57. The predicted octanol–water partition coefficient (Wildman–Crippen LogP) is 1.75. The van der Waals surface area contributed by atoms with Gasteiger partial charge in [-0.2, -0.15) is 0 Å². The van der Waals surface area contributed by atoms with Crippen molar-refractivity contribution in [2.75, 3.05) is 18.4 Å². The highest BCUT2D eigenvalue weighted by atomic mass is 16.2. The van der Waals surface area contributed by atoms with Crippen molar-refractivity contribution in [1.29, 1.82) is 0 Å². The van der Waals surface area contributed by atoms with Gasteiger partial charge in [0.2, 0.25) is 11.8 Å². The fraction of sp³-hybridized carbons (Fsp3) is 0.529. The summed E-state index contributed by atoms with van der Waals surface area (Å²) in [5, 5.41) is 9.21. The van der Waals surface area contributed by atoms with Gasteiger partial charge in [-0.3, -0.25) is 9.59 Å². The molecule has 1 aromatic carbocycles. The van der Waals surface area contributed by atoms with Gasteiger partial charge in [-0.05, 0) is 56.0 Å². The zero-order valence-corrected chi connectivity index (χ0v) is 12.9. The number of nitrogens with one attached hydrogen (secondary N) is 3. The average Bonchev–Trinajstić information content (AvgIpc) is 3.12. The van der Waals surface area contributed by atoms with Crippen molar-refractivity contribution in [2.45, 2.75) is 38.6 Å². The number of anilines is 1. The van der Waals surface area contributed by atoms with Crippen LogP contribution in [0.1, 0.15) is 43.4 Å². The lowest BCUT2D eigenvalue weighted by Gasteiger charge is -2.16. The molecule has 22 heavy (non-hydrogen) atoms. The van der Waals surface area contributed by atoms with Crippen LogP contribution in [0.25, 0.3) is 0 Å². The molecule has 2 amide bonds. The molecule has 0 bridgehead atoms. The summed E-state index contributed by atoms with van der Waals surface area (Å²) in [6.07, 6.45) is 3.14. The van der Waals surface area contributed by atoms with E-state index in [-0.39, 0.29) is 17.9 Å². The maximum Gasteiger partial charge on any atom is 0.228 e. The highest BCUT2D eigenvalue weighted by Gasteiger charge is 2.20. The van der Waals surface area contributed by atoms with E-state index in [1.165, 1.54) is 6.42 Å². The van der Waals surface area contributed by atoms with Gasteiger partial charge in [0.15, 0.2) is 0 Å². The smallest absolute Gasteiger partial charge is 0.228 e. The molecule has 2 aliphatic rings. The highest BCUT2D eigenvalue weighted by Crippen LogP contribution is 2.26. The first-order chi connectivity index (χ1) is 10.6. The highest BCUT2D eigenvalue weighted by molar-refractivity contribution is 5.99. The van der Waals surface area contributed by atoms with Crippen LogP contribution >= 0.6 is 0 Å². The molecule has 118 valence electrons. The van der Waals surface area contributed by atoms with Gasteiger partial charge in [0, 0.05) is 12.1 Å². The molecule has 0 aromatic heterocycles. The molecule has 1 saturated heterocycles. The lowest BCUT2D eigenvalue weighted by atomic mass is 10.0. The molecule has 5 nitrogen and oxygen atoms in total. The second kappa shape index (κ2) is 6.48. The van der Waals surface area contributed by atoms with Crippen LogP contribution in [0.15, 0.2) is 18.2 Å². The first-order valence-electron chi connectivity index (χ1n) is 8.04. The van der Waals surface area contributed by atoms with Crippen LogP contribution in [0.4, 0.5) is 5.69 Å². The lowest BCUT2D eigenvalue weighted by Crippen LogP contribution is -2.27. The third-order valence-electron chi connectivity index (χ3n) is 4.57.